The van der Waals surface area contributed by atoms with Crippen LogP contribution in [0.15, 0.2) is 23.1 Å². The van der Waals surface area contributed by atoms with Gasteiger partial charge in [0.1, 0.15) is 0 Å². The molecule has 108 valence electrons. The first kappa shape index (κ1) is 14.0. The number of aryl methyl sites for hydroxylation is 1. The van der Waals surface area contributed by atoms with Crippen LogP contribution in [-0.2, 0) is 0 Å². The van der Waals surface area contributed by atoms with E-state index in [0.717, 1.165) is 42.1 Å². The van der Waals surface area contributed by atoms with Gasteiger partial charge in [0.05, 0.1) is 0 Å². The van der Waals surface area contributed by atoms with Crippen molar-refractivity contribution in [3.63, 3.8) is 0 Å². The predicted octanol–water partition coefficient (Wildman–Crippen LogP) is 2.59. The van der Waals surface area contributed by atoms with Gasteiger partial charge in [-0.05, 0) is 50.4 Å². The molecule has 0 spiro atoms. The number of carbonyl (C=O) groups excluding carboxylic acids is 1. The van der Waals surface area contributed by atoms with Crippen molar-refractivity contribution in [1.29, 1.82) is 0 Å². The highest BCUT2D eigenvalue weighted by atomic mass is 32.1. The van der Waals surface area contributed by atoms with Crippen LogP contribution in [0.2, 0.25) is 0 Å². The second kappa shape index (κ2) is 5.78. The first-order chi connectivity index (χ1) is 9.65. The third-order valence-electron chi connectivity index (χ3n) is 4.54. The van der Waals surface area contributed by atoms with Gasteiger partial charge in [0, 0.05) is 36.1 Å². The summed E-state index contributed by atoms with van der Waals surface area (Å²) in [6, 6.07) is 6.39. The van der Waals surface area contributed by atoms with Crippen LogP contribution in [0.4, 0.5) is 0 Å². The van der Waals surface area contributed by atoms with Gasteiger partial charge in [0.15, 0.2) is 0 Å². The Labute approximate surface area is 126 Å². The summed E-state index contributed by atoms with van der Waals surface area (Å²) in [5, 5.41) is 0. The molecule has 3 rings (SSSR count). The van der Waals surface area contributed by atoms with Crippen molar-refractivity contribution in [2.45, 2.75) is 37.1 Å². The Kier molecular flexibility index (Phi) is 4.03. The van der Waals surface area contributed by atoms with E-state index in [1.54, 1.807) is 0 Å². The lowest BCUT2D eigenvalue weighted by molar-refractivity contribution is 0.0742. The molecule has 2 aliphatic rings. The standard InChI is InChI=1S/C16H22N2OS/c1-12-5-6-14(20)10-15(12)16(19)18-9-3-8-17-7-2-4-13(17)11-18/h5-6,10,13,20H,2-4,7-9,11H2,1H3. The number of fused-ring (bicyclic) bond motifs is 1. The summed E-state index contributed by atoms with van der Waals surface area (Å²) in [5.41, 5.74) is 1.85. The number of rotatable bonds is 1. The number of hydrogen-bond acceptors (Lipinski definition) is 3. The lowest BCUT2D eigenvalue weighted by atomic mass is 10.1. The van der Waals surface area contributed by atoms with Crippen LogP contribution in [0.5, 0.6) is 0 Å². The van der Waals surface area contributed by atoms with Crippen LogP contribution in [0.25, 0.3) is 0 Å². The number of benzene rings is 1. The van der Waals surface area contributed by atoms with Gasteiger partial charge in [-0.1, -0.05) is 6.07 Å². The summed E-state index contributed by atoms with van der Waals surface area (Å²) in [7, 11) is 0. The fourth-order valence-electron chi connectivity index (χ4n) is 3.40. The van der Waals surface area contributed by atoms with E-state index in [4.69, 9.17) is 0 Å². The molecule has 0 aliphatic carbocycles. The molecule has 0 saturated carbocycles. The van der Waals surface area contributed by atoms with Crippen molar-refractivity contribution in [2.24, 2.45) is 0 Å². The monoisotopic (exact) mass is 290 g/mol. The number of carbonyl (C=O) groups is 1. The van der Waals surface area contributed by atoms with Gasteiger partial charge in [-0.3, -0.25) is 9.69 Å². The lowest BCUT2D eigenvalue weighted by Crippen LogP contribution is -2.39. The van der Waals surface area contributed by atoms with E-state index in [1.807, 2.05) is 30.0 Å². The fraction of sp³-hybridized carbons (Fsp3) is 0.562. The number of hydrogen-bond donors (Lipinski definition) is 1. The summed E-state index contributed by atoms with van der Waals surface area (Å²) < 4.78 is 0. The van der Waals surface area contributed by atoms with E-state index in [0.29, 0.717) is 6.04 Å². The van der Waals surface area contributed by atoms with Gasteiger partial charge in [0.2, 0.25) is 0 Å². The molecule has 3 nitrogen and oxygen atoms in total. The van der Waals surface area contributed by atoms with Crippen molar-refractivity contribution in [1.82, 2.24) is 9.80 Å². The van der Waals surface area contributed by atoms with Crippen LogP contribution in [0.3, 0.4) is 0 Å². The summed E-state index contributed by atoms with van der Waals surface area (Å²) >= 11 is 4.36. The second-order valence-electron chi connectivity index (χ2n) is 5.94. The Morgan fingerprint density at radius 3 is 2.90 bits per heavy atom. The van der Waals surface area contributed by atoms with Crippen molar-refractivity contribution < 1.29 is 4.79 Å². The van der Waals surface area contributed by atoms with Gasteiger partial charge in [-0.2, -0.15) is 0 Å². The molecule has 1 aromatic rings. The molecule has 0 radical (unpaired) electrons. The van der Waals surface area contributed by atoms with E-state index in [-0.39, 0.29) is 5.91 Å². The van der Waals surface area contributed by atoms with Crippen LogP contribution >= 0.6 is 12.6 Å². The molecule has 1 atom stereocenters. The summed E-state index contributed by atoms with van der Waals surface area (Å²) in [4.78, 5) is 18.2. The van der Waals surface area contributed by atoms with E-state index < -0.39 is 0 Å². The molecule has 2 heterocycles. The maximum atomic E-state index is 12.8. The largest absolute Gasteiger partial charge is 0.337 e. The Bertz CT molecular complexity index is 517. The highest BCUT2D eigenvalue weighted by Gasteiger charge is 2.31. The van der Waals surface area contributed by atoms with Gasteiger partial charge in [-0.25, -0.2) is 0 Å². The van der Waals surface area contributed by atoms with E-state index >= 15 is 0 Å². The van der Waals surface area contributed by atoms with Gasteiger partial charge < -0.3 is 4.90 Å². The van der Waals surface area contributed by atoms with Crippen LogP contribution in [-0.4, -0.2) is 47.9 Å². The molecule has 0 aromatic heterocycles. The van der Waals surface area contributed by atoms with Gasteiger partial charge >= 0.3 is 0 Å². The maximum absolute atomic E-state index is 12.8. The molecule has 2 fully saturated rings. The third kappa shape index (κ3) is 2.72. The zero-order valence-corrected chi connectivity index (χ0v) is 12.9. The fourth-order valence-corrected chi connectivity index (χ4v) is 3.61. The van der Waals surface area contributed by atoms with Crippen LogP contribution in [0, 0.1) is 6.92 Å². The second-order valence-corrected chi connectivity index (χ2v) is 6.45. The normalized spacial score (nSPS) is 23.5. The molecule has 20 heavy (non-hydrogen) atoms. The zero-order valence-electron chi connectivity index (χ0n) is 12.0. The van der Waals surface area contributed by atoms with Crippen LogP contribution in [0.1, 0.15) is 35.2 Å². The zero-order chi connectivity index (χ0) is 14.1. The van der Waals surface area contributed by atoms with Gasteiger partial charge in [0.25, 0.3) is 5.91 Å². The minimum atomic E-state index is 0.173. The first-order valence-corrected chi connectivity index (χ1v) is 7.93. The number of amides is 1. The third-order valence-corrected chi connectivity index (χ3v) is 4.82. The molecule has 2 saturated heterocycles. The molecule has 0 N–H and O–H groups in total. The average molecular weight is 290 g/mol. The quantitative estimate of drug-likeness (QED) is 0.804. The van der Waals surface area contributed by atoms with Crippen LogP contribution < -0.4 is 0 Å². The number of thiol groups is 1. The molecule has 1 aromatic carbocycles. The first-order valence-electron chi connectivity index (χ1n) is 7.48. The average Bonchev–Trinajstić information content (AvgIpc) is 2.78. The Morgan fingerprint density at radius 1 is 1.25 bits per heavy atom. The highest BCUT2D eigenvalue weighted by molar-refractivity contribution is 7.80. The van der Waals surface area contributed by atoms with Gasteiger partial charge in [-0.15, -0.1) is 12.6 Å². The van der Waals surface area contributed by atoms with E-state index in [9.17, 15) is 4.79 Å². The summed E-state index contributed by atoms with van der Waals surface area (Å²) in [5.74, 6) is 0.173. The summed E-state index contributed by atoms with van der Waals surface area (Å²) in [6.07, 6.45) is 3.59. The van der Waals surface area contributed by atoms with Crippen molar-refractivity contribution in [2.75, 3.05) is 26.2 Å². The topological polar surface area (TPSA) is 23.6 Å². The molecular weight excluding hydrogens is 268 g/mol. The number of nitrogens with zero attached hydrogens (tertiary/aromatic N) is 2. The lowest BCUT2D eigenvalue weighted by Gasteiger charge is -2.26. The van der Waals surface area contributed by atoms with Crippen molar-refractivity contribution >= 4 is 18.5 Å². The molecule has 1 unspecified atom stereocenters. The SMILES string of the molecule is Cc1ccc(S)cc1C(=O)N1CCCN2CCCC2C1. The Hall–Kier alpha value is -1.00. The van der Waals surface area contributed by atoms with E-state index in [2.05, 4.69) is 17.5 Å². The smallest absolute Gasteiger partial charge is 0.254 e. The molecule has 4 heteroatoms. The Morgan fingerprint density at radius 2 is 2.05 bits per heavy atom. The van der Waals surface area contributed by atoms with E-state index in [1.165, 1.54) is 19.4 Å². The molecule has 2 aliphatic heterocycles. The molecule has 0 bridgehead atoms. The Balaban J connectivity index is 1.80. The minimum Gasteiger partial charge on any atom is -0.337 e. The highest BCUT2D eigenvalue weighted by Crippen LogP contribution is 2.23. The molecular formula is C16H22N2OS. The molecule has 1 amide bonds. The minimum absolute atomic E-state index is 0.173. The maximum Gasteiger partial charge on any atom is 0.254 e. The predicted molar refractivity (Wildman–Crippen MR) is 83.5 cm³/mol. The van der Waals surface area contributed by atoms with Crippen molar-refractivity contribution in [3.8, 4) is 0 Å². The van der Waals surface area contributed by atoms with Crippen molar-refractivity contribution in [3.05, 3.63) is 29.3 Å². The summed E-state index contributed by atoms with van der Waals surface area (Å²) in [6.45, 7) is 6.11.